The molecular weight excluding hydrogens is 242 g/mol. The number of hydrogen-bond acceptors (Lipinski definition) is 4. The quantitative estimate of drug-likeness (QED) is 0.516. The lowest BCUT2D eigenvalue weighted by atomic mass is 9.86. The fourth-order valence-electron chi connectivity index (χ4n) is 2.77. The number of rotatable bonds is 3. The molecule has 2 N–H and O–H groups in total. The summed E-state index contributed by atoms with van der Waals surface area (Å²) in [6.07, 6.45) is 4.85. The molecule has 1 aromatic carbocycles. The first-order chi connectivity index (χ1) is 8.99. The molecule has 1 saturated carbocycles. The number of nitrogen functional groups attached to an aromatic ring is 1. The number of anilines is 2. The van der Waals surface area contributed by atoms with Crippen LogP contribution in [0.4, 0.5) is 17.1 Å². The van der Waals surface area contributed by atoms with E-state index in [1.807, 2.05) is 7.05 Å². The largest absolute Gasteiger partial charge is 0.393 e. The van der Waals surface area contributed by atoms with E-state index in [1.54, 1.807) is 12.1 Å². The van der Waals surface area contributed by atoms with Crippen molar-refractivity contribution in [2.24, 2.45) is 5.92 Å². The maximum absolute atomic E-state index is 10.8. The molecule has 1 aliphatic carbocycles. The van der Waals surface area contributed by atoms with Crippen molar-refractivity contribution in [3.8, 4) is 0 Å². The molecule has 0 aromatic heterocycles. The van der Waals surface area contributed by atoms with Gasteiger partial charge in [0.1, 0.15) is 5.69 Å². The van der Waals surface area contributed by atoms with Crippen LogP contribution < -0.4 is 10.6 Å². The van der Waals surface area contributed by atoms with Gasteiger partial charge < -0.3 is 10.6 Å². The highest BCUT2D eigenvalue weighted by atomic mass is 16.6. The predicted octanol–water partition coefficient (Wildman–Crippen LogP) is 3.19. The van der Waals surface area contributed by atoms with Gasteiger partial charge in [0.15, 0.2) is 0 Å². The molecule has 1 aromatic rings. The molecule has 0 saturated heterocycles. The summed E-state index contributed by atoms with van der Waals surface area (Å²) in [7, 11) is 2.04. The van der Waals surface area contributed by atoms with Gasteiger partial charge >= 0.3 is 0 Å². The van der Waals surface area contributed by atoms with Gasteiger partial charge in [-0.1, -0.05) is 6.92 Å². The van der Waals surface area contributed by atoms with E-state index in [0.29, 0.717) is 6.04 Å². The molecule has 19 heavy (non-hydrogen) atoms. The Morgan fingerprint density at radius 1 is 1.32 bits per heavy atom. The molecule has 104 valence electrons. The average molecular weight is 263 g/mol. The Labute approximate surface area is 113 Å². The van der Waals surface area contributed by atoms with Crippen LogP contribution in [-0.4, -0.2) is 18.0 Å². The summed E-state index contributed by atoms with van der Waals surface area (Å²) in [5, 5.41) is 10.8. The van der Waals surface area contributed by atoms with Crippen LogP contribution in [0.5, 0.6) is 0 Å². The van der Waals surface area contributed by atoms with Crippen molar-refractivity contribution in [3.05, 3.63) is 28.3 Å². The lowest BCUT2D eigenvalue weighted by molar-refractivity contribution is -0.383. The highest BCUT2D eigenvalue weighted by molar-refractivity contribution is 5.66. The van der Waals surface area contributed by atoms with E-state index in [-0.39, 0.29) is 11.4 Å². The van der Waals surface area contributed by atoms with Crippen LogP contribution in [0.1, 0.15) is 32.6 Å². The zero-order chi connectivity index (χ0) is 14.0. The Bertz CT molecular complexity index is 468. The highest BCUT2D eigenvalue weighted by Gasteiger charge is 2.23. The fraction of sp³-hybridized carbons (Fsp3) is 0.571. The molecule has 0 atom stereocenters. The lowest BCUT2D eigenvalue weighted by Crippen LogP contribution is -2.34. The van der Waals surface area contributed by atoms with E-state index in [1.165, 1.54) is 31.7 Å². The number of nitro groups is 1. The second kappa shape index (κ2) is 5.47. The van der Waals surface area contributed by atoms with E-state index in [0.717, 1.165) is 11.6 Å². The summed E-state index contributed by atoms with van der Waals surface area (Å²) in [5.74, 6) is 0.812. The van der Waals surface area contributed by atoms with Gasteiger partial charge in [-0.2, -0.15) is 0 Å². The Kier molecular flexibility index (Phi) is 3.93. The third kappa shape index (κ3) is 2.97. The molecule has 1 fully saturated rings. The second-order valence-electron chi connectivity index (χ2n) is 5.52. The maximum Gasteiger partial charge on any atom is 0.292 e. The van der Waals surface area contributed by atoms with Gasteiger partial charge in [-0.3, -0.25) is 10.1 Å². The van der Waals surface area contributed by atoms with Crippen molar-refractivity contribution in [1.82, 2.24) is 0 Å². The van der Waals surface area contributed by atoms with E-state index >= 15 is 0 Å². The van der Waals surface area contributed by atoms with Gasteiger partial charge in [0, 0.05) is 24.8 Å². The molecule has 5 heteroatoms. The first-order valence-electron chi connectivity index (χ1n) is 6.75. The second-order valence-corrected chi connectivity index (χ2v) is 5.52. The van der Waals surface area contributed by atoms with Crippen molar-refractivity contribution in [1.29, 1.82) is 0 Å². The summed E-state index contributed by atoms with van der Waals surface area (Å²) >= 11 is 0. The molecule has 0 spiro atoms. The van der Waals surface area contributed by atoms with Crippen LogP contribution in [0.2, 0.25) is 0 Å². The van der Waals surface area contributed by atoms with E-state index in [4.69, 9.17) is 5.73 Å². The number of hydrogen-bond donors (Lipinski definition) is 1. The third-order valence-electron chi connectivity index (χ3n) is 4.15. The normalized spacial score (nSPS) is 23.1. The smallest absolute Gasteiger partial charge is 0.292 e. The zero-order valence-corrected chi connectivity index (χ0v) is 11.5. The van der Waals surface area contributed by atoms with Gasteiger partial charge in [0.05, 0.1) is 4.92 Å². The molecule has 0 heterocycles. The van der Waals surface area contributed by atoms with Gasteiger partial charge in [0.2, 0.25) is 0 Å². The van der Waals surface area contributed by atoms with Gasteiger partial charge in [0.25, 0.3) is 5.69 Å². The van der Waals surface area contributed by atoms with Crippen molar-refractivity contribution < 1.29 is 4.92 Å². The summed E-state index contributed by atoms with van der Waals surface area (Å²) in [5.41, 5.74) is 6.92. The van der Waals surface area contributed by atoms with Crippen molar-refractivity contribution in [2.45, 2.75) is 38.6 Å². The van der Waals surface area contributed by atoms with Crippen LogP contribution in [0.3, 0.4) is 0 Å². The average Bonchev–Trinajstić information content (AvgIpc) is 2.38. The zero-order valence-electron chi connectivity index (χ0n) is 11.5. The Balaban J connectivity index is 2.13. The molecule has 0 amide bonds. The summed E-state index contributed by atoms with van der Waals surface area (Å²) in [6.45, 7) is 2.29. The molecule has 0 aliphatic heterocycles. The lowest BCUT2D eigenvalue weighted by Gasteiger charge is -2.35. The van der Waals surface area contributed by atoms with Crippen molar-refractivity contribution >= 4 is 17.1 Å². The summed E-state index contributed by atoms with van der Waals surface area (Å²) in [6, 6.07) is 5.49. The van der Waals surface area contributed by atoms with Crippen LogP contribution in [-0.2, 0) is 0 Å². The molecule has 0 bridgehead atoms. The predicted molar refractivity (Wildman–Crippen MR) is 77.3 cm³/mol. The standard InChI is InChI=1S/C14H21N3O2/c1-10-3-5-11(6-4-10)16(2)12-7-8-14(17(18)19)13(15)9-12/h7-11H,3-6,15H2,1-2H3. The molecule has 2 rings (SSSR count). The molecule has 0 radical (unpaired) electrons. The molecular formula is C14H21N3O2. The Morgan fingerprint density at radius 2 is 1.95 bits per heavy atom. The number of benzene rings is 1. The van der Waals surface area contributed by atoms with Gasteiger partial charge in [-0.15, -0.1) is 0 Å². The van der Waals surface area contributed by atoms with Crippen LogP contribution >= 0.6 is 0 Å². The first-order valence-corrected chi connectivity index (χ1v) is 6.75. The van der Waals surface area contributed by atoms with Gasteiger partial charge in [-0.25, -0.2) is 0 Å². The summed E-state index contributed by atoms with van der Waals surface area (Å²) in [4.78, 5) is 12.5. The number of nitrogens with two attached hydrogens (primary N) is 1. The summed E-state index contributed by atoms with van der Waals surface area (Å²) < 4.78 is 0. The number of nitro benzene ring substituents is 1. The molecule has 0 unspecified atom stereocenters. The first kappa shape index (κ1) is 13.6. The van der Waals surface area contributed by atoms with Crippen LogP contribution in [0.15, 0.2) is 18.2 Å². The van der Waals surface area contributed by atoms with Crippen molar-refractivity contribution in [2.75, 3.05) is 17.7 Å². The Hall–Kier alpha value is -1.78. The fourth-order valence-corrected chi connectivity index (χ4v) is 2.77. The minimum absolute atomic E-state index is 0.0191. The van der Waals surface area contributed by atoms with Crippen LogP contribution in [0, 0.1) is 16.0 Å². The highest BCUT2D eigenvalue weighted by Crippen LogP contribution is 2.32. The van der Waals surface area contributed by atoms with E-state index in [9.17, 15) is 10.1 Å². The maximum atomic E-state index is 10.8. The third-order valence-corrected chi connectivity index (χ3v) is 4.15. The molecule has 1 aliphatic rings. The van der Waals surface area contributed by atoms with Crippen LogP contribution in [0.25, 0.3) is 0 Å². The minimum Gasteiger partial charge on any atom is -0.393 e. The van der Waals surface area contributed by atoms with Crippen molar-refractivity contribution in [3.63, 3.8) is 0 Å². The number of nitrogens with zero attached hydrogens (tertiary/aromatic N) is 2. The monoisotopic (exact) mass is 263 g/mol. The Morgan fingerprint density at radius 3 is 2.47 bits per heavy atom. The van der Waals surface area contributed by atoms with Gasteiger partial charge in [-0.05, 0) is 43.7 Å². The SMILES string of the molecule is CC1CCC(N(C)c2ccc([N+](=O)[O-])c(N)c2)CC1. The van der Waals surface area contributed by atoms with E-state index < -0.39 is 4.92 Å². The molecule has 5 nitrogen and oxygen atoms in total. The topological polar surface area (TPSA) is 72.4 Å². The minimum atomic E-state index is -0.443. The van der Waals surface area contributed by atoms with E-state index in [2.05, 4.69) is 11.8 Å².